The van der Waals surface area contributed by atoms with Crippen molar-refractivity contribution in [3.8, 4) is 0 Å². The Hall–Kier alpha value is -0.160. The zero-order chi connectivity index (χ0) is 13.0. The minimum Gasteiger partial charge on any atom is -0.350 e. The smallest absolute Gasteiger partial charge is 0.158 e. The fraction of sp³-hybridized carbons (Fsp3) is 1.00. The summed E-state index contributed by atoms with van der Waals surface area (Å²) in [5.74, 6) is 0.765. The molecule has 106 valence electrons. The maximum Gasteiger partial charge on any atom is 0.158 e. The Morgan fingerprint density at radius 3 is 2.61 bits per heavy atom. The number of likely N-dealkylation sites (tertiary alicyclic amines) is 1. The van der Waals surface area contributed by atoms with E-state index in [9.17, 15) is 0 Å². The second kappa shape index (κ2) is 6.85. The Morgan fingerprint density at radius 2 is 2.00 bits per heavy atom. The number of hydrogen-bond acceptors (Lipinski definition) is 4. The Balaban J connectivity index is 1.66. The third-order valence-electron chi connectivity index (χ3n) is 4.21. The SMILES string of the molecule is CC(C)N1CCC(CC2OCC(CCN)O2)CC1. The van der Waals surface area contributed by atoms with Crippen molar-refractivity contribution >= 4 is 0 Å². The van der Waals surface area contributed by atoms with Gasteiger partial charge in [-0.3, -0.25) is 0 Å². The van der Waals surface area contributed by atoms with Gasteiger partial charge in [-0.2, -0.15) is 0 Å². The largest absolute Gasteiger partial charge is 0.350 e. The molecular weight excluding hydrogens is 228 g/mol. The van der Waals surface area contributed by atoms with Crippen LogP contribution in [-0.2, 0) is 9.47 Å². The Kier molecular flexibility index (Phi) is 5.42. The molecule has 0 amide bonds. The molecule has 0 bridgehead atoms. The summed E-state index contributed by atoms with van der Waals surface area (Å²) in [5.41, 5.74) is 5.54. The summed E-state index contributed by atoms with van der Waals surface area (Å²) < 4.78 is 11.6. The molecule has 4 nitrogen and oxygen atoms in total. The van der Waals surface area contributed by atoms with Crippen molar-refractivity contribution in [3.05, 3.63) is 0 Å². The van der Waals surface area contributed by atoms with E-state index in [1.54, 1.807) is 0 Å². The summed E-state index contributed by atoms with van der Waals surface area (Å²) in [6.45, 7) is 8.42. The minimum absolute atomic E-state index is 0.0251. The number of piperidine rings is 1. The monoisotopic (exact) mass is 256 g/mol. The van der Waals surface area contributed by atoms with E-state index in [4.69, 9.17) is 15.2 Å². The number of nitrogens with zero attached hydrogens (tertiary/aromatic N) is 1. The van der Waals surface area contributed by atoms with Gasteiger partial charge in [-0.1, -0.05) is 0 Å². The van der Waals surface area contributed by atoms with Crippen molar-refractivity contribution in [2.75, 3.05) is 26.2 Å². The van der Waals surface area contributed by atoms with E-state index in [2.05, 4.69) is 18.7 Å². The van der Waals surface area contributed by atoms with E-state index >= 15 is 0 Å². The molecule has 2 aliphatic heterocycles. The van der Waals surface area contributed by atoms with Gasteiger partial charge in [0, 0.05) is 12.5 Å². The van der Waals surface area contributed by atoms with Gasteiger partial charge in [0.1, 0.15) is 0 Å². The lowest BCUT2D eigenvalue weighted by molar-refractivity contribution is -0.0764. The first-order valence-corrected chi connectivity index (χ1v) is 7.40. The molecule has 0 spiro atoms. The lowest BCUT2D eigenvalue weighted by atomic mass is 9.92. The number of rotatable bonds is 5. The maximum absolute atomic E-state index is 5.86. The number of nitrogens with two attached hydrogens (primary N) is 1. The van der Waals surface area contributed by atoms with Crippen LogP contribution in [0.15, 0.2) is 0 Å². The highest BCUT2D eigenvalue weighted by Crippen LogP contribution is 2.27. The van der Waals surface area contributed by atoms with Gasteiger partial charge in [0.15, 0.2) is 6.29 Å². The zero-order valence-corrected chi connectivity index (χ0v) is 11.8. The van der Waals surface area contributed by atoms with E-state index in [0.717, 1.165) is 25.4 Å². The van der Waals surface area contributed by atoms with E-state index in [1.165, 1.54) is 25.9 Å². The molecule has 0 saturated carbocycles. The molecule has 18 heavy (non-hydrogen) atoms. The van der Waals surface area contributed by atoms with Crippen molar-refractivity contribution in [3.63, 3.8) is 0 Å². The molecule has 2 heterocycles. The van der Waals surface area contributed by atoms with Crippen LogP contribution >= 0.6 is 0 Å². The highest BCUT2D eigenvalue weighted by Gasteiger charge is 2.29. The van der Waals surface area contributed by atoms with Crippen LogP contribution in [0.4, 0.5) is 0 Å². The van der Waals surface area contributed by atoms with Crippen LogP contribution in [-0.4, -0.2) is 49.6 Å². The van der Waals surface area contributed by atoms with Gasteiger partial charge in [0.05, 0.1) is 12.7 Å². The normalized spacial score (nSPS) is 31.3. The fourth-order valence-corrected chi connectivity index (χ4v) is 2.95. The molecule has 2 N–H and O–H groups in total. The van der Waals surface area contributed by atoms with Gasteiger partial charge >= 0.3 is 0 Å². The first kappa shape index (κ1) is 14.3. The lowest BCUT2D eigenvalue weighted by Gasteiger charge is -2.35. The van der Waals surface area contributed by atoms with Gasteiger partial charge in [0.25, 0.3) is 0 Å². The summed E-state index contributed by atoms with van der Waals surface area (Å²) >= 11 is 0. The topological polar surface area (TPSA) is 47.7 Å². The highest BCUT2D eigenvalue weighted by molar-refractivity contribution is 4.77. The van der Waals surface area contributed by atoms with Crippen molar-refractivity contribution in [2.24, 2.45) is 11.7 Å². The van der Waals surface area contributed by atoms with Gasteiger partial charge in [-0.15, -0.1) is 0 Å². The van der Waals surface area contributed by atoms with Crippen LogP contribution in [0.1, 0.15) is 39.5 Å². The summed E-state index contributed by atoms with van der Waals surface area (Å²) in [6, 6.07) is 0.680. The van der Waals surface area contributed by atoms with E-state index in [0.29, 0.717) is 12.6 Å². The quantitative estimate of drug-likeness (QED) is 0.811. The fourth-order valence-electron chi connectivity index (χ4n) is 2.95. The molecular formula is C14H28N2O2. The summed E-state index contributed by atoms with van der Waals surface area (Å²) in [6.07, 6.45) is 4.80. The maximum atomic E-state index is 5.86. The minimum atomic E-state index is 0.0251. The van der Waals surface area contributed by atoms with Gasteiger partial charge < -0.3 is 20.1 Å². The van der Waals surface area contributed by atoms with Gasteiger partial charge in [-0.05, 0) is 58.7 Å². The van der Waals surface area contributed by atoms with E-state index in [-0.39, 0.29) is 12.4 Å². The third-order valence-corrected chi connectivity index (χ3v) is 4.21. The lowest BCUT2D eigenvalue weighted by Crippen LogP contribution is -2.39. The van der Waals surface area contributed by atoms with Crippen molar-refractivity contribution in [1.29, 1.82) is 0 Å². The second-order valence-electron chi connectivity index (χ2n) is 5.91. The molecule has 0 radical (unpaired) electrons. The molecule has 0 aromatic heterocycles. The molecule has 0 aromatic carbocycles. The van der Waals surface area contributed by atoms with Crippen molar-refractivity contribution < 1.29 is 9.47 Å². The van der Waals surface area contributed by atoms with E-state index in [1.807, 2.05) is 0 Å². The Labute approximate surface area is 111 Å². The molecule has 0 aromatic rings. The van der Waals surface area contributed by atoms with Gasteiger partial charge in [0.2, 0.25) is 0 Å². The molecule has 0 aliphatic carbocycles. The Bertz CT molecular complexity index is 240. The van der Waals surface area contributed by atoms with E-state index < -0.39 is 0 Å². The predicted molar refractivity (Wildman–Crippen MR) is 72.3 cm³/mol. The summed E-state index contributed by atoms with van der Waals surface area (Å²) in [4.78, 5) is 2.56. The molecule has 2 fully saturated rings. The molecule has 2 rings (SSSR count). The van der Waals surface area contributed by atoms with Crippen LogP contribution in [0.5, 0.6) is 0 Å². The van der Waals surface area contributed by atoms with Crippen LogP contribution < -0.4 is 5.73 Å². The summed E-state index contributed by atoms with van der Waals surface area (Å²) in [5, 5.41) is 0. The standard InChI is InChI=1S/C14H28N2O2/c1-11(2)16-7-4-12(5-8-16)9-14-17-10-13(18-14)3-6-15/h11-14H,3-10,15H2,1-2H3. The highest BCUT2D eigenvalue weighted by atomic mass is 16.7. The van der Waals surface area contributed by atoms with Crippen LogP contribution in [0.25, 0.3) is 0 Å². The molecule has 4 heteroatoms. The third kappa shape index (κ3) is 3.92. The average molecular weight is 256 g/mol. The molecule has 2 unspecified atom stereocenters. The predicted octanol–water partition coefficient (Wildman–Crippen LogP) is 1.59. The second-order valence-corrected chi connectivity index (χ2v) is 5.91. The van der Waals surface area contributed by atoms with Crippen molar-refractivity contribution in [2.45, 2.75) is 58.0 Å². The first-order chi connectivity index (χ1) is 8.69. The van der Waals surface area contributed by atoms with Crippen LogP contribution in [0.2, 0.25) is 0 Å². The Morgan fingerprint density at radius 1 is 1.28 bits per heavy atom. The number of ether oxygens (including phenoxy) is 2. The van der Waals surface area contributed by atoms with Crippen molar-refractivity contribution in [1.82, 2.24) is 4.90 Å². The van der Waals surface area contributed by atoms with Crippen LogP contribution in [0.3, 0.4) is 0 Å². The van der Waals surface area contributed by atoms with Crippen LogP contribution in [0, 0.1) is 5.92 Å². The molecule has 2 aliphatic rings. The van der Waals surface area contributed by atoms with Gasteiger partial charge in [-0.25, -0.2) is 0 Å². The molecule has 2 saturated heterocycles. The summed E-state index contributed by atoms with van der Waals surface area (Å²) in [7, 11) is 0. The first-order valence-electron chi connectivity index (χ1n) is 7.40. The average Bonchev–Trinajstić information content (AvgIpc) is 2.78. The zero-order valence-electron chi connectivity index (χ0n) is 11.8. The molecule has 2 atom stereocenters. The number of hydrogen-bond donors (Lipinski definition) is 1.